The molecule has 0 aliphatic heterocycles. The fraction of sp³-hybridized carbons (Fsp3) is 0.250. The topological polar surface area (TPSA) is 74.6 Å². The van der Waals surface area contributed by atoms with Crippen molar-refractivity contribution in [2.24, 2.45) is 0 Å². The smallest absolute Gasteiger partial charge is 0.157 e. The number of aliphatic hydroxyl groups is 2. The van der Waals surface area contributed by atoms with Gasteiger partial charge in [-0.05, 0) is 28.8 Å². The van der Waals surface area contributed by atoms with Crippen molar-refractivity contribution in [1.82, 2.24) is 0 Å². The third kappa shape index (κ3) is 4.81. The van der Waals surface area contributed by atoms with E-state index in [4.69, 9.17) is 16.7 Å². The van der Waals surface area contributed by atoms with Crippen LogP contribution in [0.1, 0.15) is 22.8 Å². The van der Waals surface area contributed by atoms with Gasteiger partial charge in [0, 0.05) is 5.02 Å². The van der Waals surface area contributed by atoms with E-state index < -0.39 is 15.9 Å². The van der Waals surface area contributed by atoms with Crippen LogP contribution in [0.2, 0.25) is 5.02 Å². The van der Waals surface area contributed by atoms with Gasteiger partial charge >= 0.3 is 0 Å². The van der Waals surface area contributed by atoms with E-state index in [0.717, 1.165) is 5.56 Å². The Kier molecular flexibility index (Phi) is 5.58. The van der Waals surface area contributed by atoms with Crippen molar-refractivity contribution in [3.63, 3.8) is 0 Å². The molecule has 118 valence electrons. The molecule has 0 saturated carbocycles. The Morgan fingerprint density at radius 2 is 1.68 bits per heavy atom. The highest BCUT2D eigenvalue weighted by Gasteiger charge is 2.19. The van der Waals surface area contributed by atoms with Crippen molar-refractivity contribution >= 4 is 21.4 Å². The lowest BCUT2D eigenvalue weighted by Gasteiger charge is -2.12. The van der Waals surface area contributed by atoms with Gasteiger partial charge in [0.15, 0.2) is 9.84 Å². The zero-order chi connectivity index (χ0) is 16.2. The average molecular weight is 341 g/mol. The van der Waals surface area contributed by atoms with Crippen molar-refractivity contribution < 1.29 is 18.6 Å². The maximum absolute atomic E-state index is 12.2. The molecule has 0 saturated heterocycles. The average Bonchev–Trinajstić information content (AvgIpc) is 2.47. The molecule has 0 radical (unpaired) electrons. The molecule has 0 aliphatic rings. The fourth-order valence-electron chi connectivity index (χ4n) is 2.10. The van der Waals surface area contributed by atoms with Crippen LogP contribution >= 0.6 is 11.6 Å². The highest BCUT2D eigenvalue weighted by Crippen LogP contribution is 2.20. The Balaban J connectivity index is 2.06. The Bertz CT molecular complexity index is 726. The van der Waals surface area contributed by atoms with Gasteiger partial charge in [0.05, 0.1) is 24.2 Å². The second-order valence-corrected chi connectivity index (χ2v) is 7.65. The second-order valence-electron chi connectivity index (χ2n) is 5.10. The predicted molar refractivity (Wildman–Crippen MR) is 86.3 cm³/mol. The van der Waals surface area contributed by atoms with Crippen LogP contribution in [0, 0.1) is 0 Å². The van der Waals surface area contributed by atoms with Crippen molar-refractivity contribution in [2.75, 3.05) is 5.75 Å². The van der Waals surface area contributed by atoms with E-state index in [2.05, 4.69) is 0 Å². The SMILES string of the molecule is O=S(=O)(Cc1ccc(CO)cc1)CC(O)c1cccc(Cl)c1. The quantitative estimate of drug-likeness (QED) is 0.847. The van der Waals surface area contributed by atoms with Crippen molar-refractivity contribution in [3.05, 3.63) is 70.2 Å². The van der Waals surface area contributed by atoms with E-state index in [-0.39, 0.29) is 18.1 Å². The van der Waals surface area contributed by atoms with Gasteiger partial charge in [-0.1, -0.05) is 48.0 Å². The van der Waals surface area contributed by atoms with Gasteiger partial charge in [0.2, 0.25) is 0 Å². The normalized spacial score (nSPS) is 13.0. The Labute approximate surface area is 134 Å². The van der Waals surface area contributed by atoms with Gasteiger partial charge in [-0.25, -0.2) is 8.42 Å². The summed E-state index contributed by atoms with van der Waals surface area (Å²) in [6.45, 7) is -0.0828. The Morgan fingerprint density at radius 3 is 2.27 bits per heavy atom. The summed E-state index contributed by atoms with van der Waals surface area (Å²) in [6.07, 6.45) is -1.11. The maximum Gasteiger partial charge on any atom is 0.157 e. The number of hydrogen-bond acceptors (Lipinski definition) is 4. The standard InChI is InChI=1S/C16H17ClO4S/c17-15-3-1-2-14(8-15)16(19)11-22(20,21)10-13-6-4-12(9-18)5-7-13/h1-8,16,18-19H,9-11H2. The highest BCUT2D eigenvalue weighted by molar-refractivity contribution is 7.90. The molecule has 0 bridgehead atoms. The fourth-order valence-corrected chi connectivity index (χ4v) is 3.79. The molecule has 4 nitrogen and oxygen atoms in total. The van der Waals surface area contributed by atoms with Crippen LogP contribution in [0.15, 0.2) is 48.5 Å². The van der Waals surface area contributed by atoms with E-state index >= 15 is 0 Å². The first-order valence-electron chi connectivity index (χ1n) is 6.72. The molecule has 0 heterocycles. The number of benzene rings is 2. The summed E-state index contributed by atoms with van der Waals surface area (Å²) in [4.78, 5) is 0. The van der Waals surface area contributed by atoms with Gasteiger partial charge in [0.25, 0.3) is 0 Å². The van der Waals surface area contributed by atoms with Crippen molar-refractivity contribution in [3.8, 4) is 0 Å². The van der Waals surface area contributed by atoms with Crippen LogP contribution in [0.25, 0.3) is 0 Å². The monoisotopic (exact) mass is 340 g/mol. The maximum atomic E-state index is 12.2. The number of hydrogen-bond donors (Lipinski definition) is 2. The molecule has 0 spiro atoms. The van der Waals surface area contributed by atoms with Gasteiger partial charge in [0.1, 0.15) is 0 Å². The summed E-state index contributed by atoms with van der Waals surface area (Å²) >= 11 is 5.84. The van der Waals surface area contributed by atoms with E-state index in [9.17, 15) is 13.5 Å². The first kappa shape index (κ1) is 17.0. The number of rotatable bonds is 6. The molecular formula is C16H17ClO4S. The van der Waals surface area contributed by atoms with Crippen LogP contribution in [-0.4, -0.2) is 24.4 Å². The van der Waals surface area contributed by atoms with Gasteiger partial charge in [-0.15, -0.1) is 0 Å². The zero-order valence-corrected chi connectivity index (χ0v) is 13.4. The summed E-state index contributed by atoms with van der Waals surface area (Å²) in [5.41, 5.74) is 1.82. The molecule has 2 rings (SSSR count). The lowest BCUT2D eigenvalue weighted by atomic mass is 10.1. The minimum Gasteiger partial charge on any atom is -0.392 e. The summed E-state index contributed by atoms with van der Waals surface area (Å²) in [7, 11) is -3.47. The van der Waals surface area contributed by atoms with E-state index in [0.29, 0.717) is 16.1 Å². The van der Waals surface area contributed by atoms with Crippen LogP contribution in [0.3, 0.4) is 0 Å². The molecule has 1 atom stereocenters. The molecular weight excluding hydrogens is 324 g/mol. The second kappa shape index (κ2) is 7.24. The molecule has 0 aliphatic carbocycles. The van der Waals surface area contributed by atoms with E-state index in [1.165, 1.54) is 0 Å². The first-order valence-corrected chi connectivity index (χ1v) is 8.92. The highest BCUT2D eigenvalue weighted by atomic mass is 35.5. The van der Waals surface area contributed by atoms with Gasteiger partial charge in [-0.2, -0.15) is 0 Å². The summed E-state index contributed by atoms with van der Waals surface area (Å²) in [5.74, 6) is -0.522. The minimum atomic E-state index is -3.47. The molecule has 0 fully saturated rings. The summed E-state index contributed by atoms with van der Waals surface area (Å²) in [6, 6.07) is 13.2. The zero-order valence-electron chi connectivity index (χ0n) is 11.8. The minimum absolute atomic E-state index is 0.0828. The first-order chi connectivity index (χ1) is 10.4. The predicted octanol–water partition coefficient (Wildman–Crippen LogP) is 2.48. The van der Waals surface area contributed by atoms with Crippen molar-refractivity contribution in [1.29, 1.82) is 0 Å². The van der Waals surface area contributed by atoms with Crippen LogP contribution in [-0.2, 0) is 22.2 Å². The largest absolute Gasteiger partial charge is 0.392 e. The third-order valence-corrected chi connectivity index (χ3v) is 5.07. The molecule has 6 heteroatoms. The summed E-state index contributed by atoms with van der Waals surface area (Å²) < 4.78 is 24.4. The lowest BCUT2D eigenvalue weighted by molar-refractivity contribution is 0.201. The molecule has 2 aromatic carbocycles. The number of halogens is 1. The molecule has 0 amide bonds. The molecule has 0 aromatic heterocycles. The Morgan fingerprint density at radius 1 is 1.05 bits per heavy atom. The lowest BCUT2D eigenvalue weighted by Crippen LogP contribution is -2.16. The van der Waals surface area contributed by atoms with E-state index in [1.54, 1.807) is 48.5 Å². The molecule has 22 heavy (non-hydrogen) atoms. The molecule has 2 N–H and O–H groups in total. The van der Waals surface area contributed by atoms with Crippen LogP contribution < -0.4 is 0 Å². The molecule has 2 aromatic rings. The Hall–Kier alpha value is -1.40. The number of aliphatic hydroxyl groups excluding tert-OH is 2. The van der Waals surface area contributed by atoms with Crippen molar-refractivity contribution in [2.45, 2.75) is 18.5 Å². The van der Waals surface area contributed by atoms with E-state index in [1.807, 2.05) is 0 Å². The summed E-state index contributed by atoms with van der Waals surface area (Å²) in [5, 5.41) is 19.5. The van der Waals surface area contributed by atoms with Crippen LogP contribution in [0.5, 0.6) is 0 Å². The van der Waals surface area contributed by atoms with Gasteiger partial charge < -0.3 is 10.2 Å². The van der Waals surface area contributed by atoms with Gasteiger partial charge in [-0.3, -0.25) is 0 Å². The third-order valence-electron chi connectivity index (χ3n) is 3.24. The molecule has 1 unspecified atom stereocenters. The van der Waals surface area contributed by atoms with Crippen LogP contribution in [0.4, 0.5) is 0 Å². The number of sulfone groups is 1.